The molecule has 0 aliphatic heterocycles. The van der Waals surface area contributed by atoms with E-state index in [1.807, 2.05) is 12.2 Å². The highest BCUT2D eigenvalue weighted by molar-refractivity contribution is 5.52. The smallest absolute Gasteiger partial charge is 0.419 e. The predicted molar refractivity (Wildman–Crippen MR) is 110 cm³/mol. The Labute approximate surface area is 170 Å². The summed E-state index contributed by atoms with van der Waals surface area (Å²) in [4.78, 5) is 0. The molecule has 2 unspecified atom stereocenters. The summed E-state index contributed by atoms with van der Waals surface area (Å²) in [5, 5.41) is 13.8. The molecule has 0 saturated carbocycles. The number of methoxy groups -OCH3 is 1. The second-order valence-electron chi connectivity index (χ2n) is 7.03. The van der Waals surface area contributed by atoms with Gasteiger partial charge < -0.3 is 15.2 Å². The topological polar surface area (TPSA) is 41.5 Å². The third kappa shape index (κ3) is 4.75. The van der Waals surface area contributed by atoms with Gasteiger partial charge in [-0.05, 0) is 36.5 Å². The zero-order chi connectivity index (χ0) is 21.7. The van der Waals surface area contributed by atoms with Crippen LogP contribution in [-0.4, -0.2) is 24.0 Å². The average molecular weight is 407 g/mol. The third-order valence-corrected chi connectivity index (χ3v) is 5.10. The summed E-state index contributed by atoms with van der Waals surface area (Å²) in [6.07, 6.45) is 1.94. The highest BCUT2D eigenvalue weighted by atomic mass is 19.4. The molecule has 1 aliphatic rings. The molecule has 0 radical (unpaired) electrons. The quantitative estimate of drug-likeness (QED) is 0.546. The van der Waals surface area contributed by atoms with Gasteiger partial charge in [-0.3, -0.25) is 0 Å². The van der Waals surface area contributed by atoms with Crippen LogP contribution in [0.5, 0.6) is 5.75 Å². The van der Waals surface area contributed by atoms with Gasteiger partial charge in [0.1, 0.15) is 5.75 Å². The van der Waals surface area contributed by atoms with Crippen LogP contribution in [0.15, 0.2) is 72.5 Å². The van der Waals surface area contributed by atoms with Gasteiger partial charge in [0.25, 0.3) is 0 Å². The SMILES string of the molecule is C=CC1=CCCC=C1C(=C)NC(c1ccccc1OC)C(O)(CCC)C(F)(F)F. The Morgan fingerprint density at radius 1 is 1.28 bits per heavy atom. The van der Waals surface area contributed by atoms with Crippen LogP contribution in [0.1, 0.15) is 44.2 Å². The first-order chi connectivity index (χ1) is 13.7. The van der Waals surface area contributed by atoms with Gasteiger partial charge in [-0.25, -0.2) is 0 Å². The predicted octanol–water partition coefficient (Wildman–Crippen LogP) is 5.77. The number of alkyl halides is 3. The highest BCUT2D eigenvalue weighted by Gasteiger charge is 2.59. The molecule has 0 heterocycles. The van der Waals surface area contributed by atoms with E-state index in [4.69, 9.17) is 4.74 Å². The fraction of sp³-hybridized carbons (Fsp3) is 0.391. The van der Waals surface area contributed by atoms with Crippen LogP contribution >= 0.6 is 0 Å². The fourth-order valence-corrected chi connectivity index (χ4v) is 3.63. The maximum absolute atomic E-state index is 14.1. The van der Waals surface area contributed by atoms with E-state index in [0.29, 0.717) is 11.3 Å². The van der Waals surface area contributed by atoms with Crippen LogP contribution in [-0.2, 0) is 0 Å². The fourth-order valence-electron chi connectivity index (χ4n) is 3.63. The first kappa shape index (κ1) is 22.8. The van der Waals surface area contributed by atoms with E-state index in [-0.39, 0.29) is 17.7 Å². The van der Waals surface area contributed by atoms with Gasteiger partial charge in [-0.2, -0.15) is 13.2 Å². The van der Waals surface area contributed by atoms with Crippen LogP contribution in [0.2, 0.25) is 0 Å². The van der Waals surface area contributed by atoms with Gasteiger partial charge in [0.15, 0.2) is 5.60 Å². The molecule has 1 aromatic carbocycles. The molecule has 3 nitrogen and oxygen atoms in total. The van der Waals surface area contributed by atoms with Crippen molar-refractivity contribution in [1.29, 1.82) is 0 Å². The molecule has 1 aliphatic carbocycles. The van der Waals surface area contributed by atoms with Gasteiger partial charge >= 0.3 is 6.18 Å². The average Bonchev–Trinajstić information content (AvgIpc) is 2.71. The number of rotatable bonds is 9. The monoisotopic (exact) mass is 407 g/mol. The van der Waals surface area contributed by atoms with Crippen molar-refractivity contribution >= 4 is 0 Å². The largest absolute Gasteiger partial charge is 0.496 e. The molecular weight excluding hydrogens is 379 g/mol. The summed E-state index contributed by atoms with van der Waals surface area (Å²) >= 11 is 0. The molecule has 2 rings (SSSR count). The maximum atomic E-state index is 14.1. The number of ether oxygens (including phenoxy) is 1. The molecule has 0 amide bonds. The number of hydrogen-bond donors (Lipinski definition) is 2. The summed E-state index contributed by atoms with van der Waals surface area (Å²) in [6, 6.07) is 4.88. The van der Waals surface area contributed by atoms with Crippen molar-refractivity contribution in [3.8, 4) is 5.75 Å². The Morgan fingerprint density at radius 2 is 1.93 bits per heavy atom. The van der Waals surface area contributed by atoms with Crippen LogP contribution in [0, 0.1) is 0 Å². The summed E-state index contributed by atoms with van der Waals surface area (Å²) in [5.41, 5.74) is -1.01. The number of para-hydroxylation sites is 1. The first-order valence-electron chi connectivity index (χ1n) is 9.60. The van der Waals surface area contributed by atoms with Crippen molar-refractivity contribution < 1.29 is 23.0 Å². The van der Waals surface area contributed by atoms with E-state index in [1.54, 1.807) is 31.2 Å². The van der Waals surface area contributed by atoms with Crippen molar-refractivity contribution in [2.75, 3.05) is 7.11 Å². The normalized spacial score (nSPS) is 17.4. The molecule has 2 atom stereocenters. The lowest BCUT2D eigenvalue weighted by molar-refractivity contribution is -0.274. The van der Waals surface area contributed by atoms with E-state index in [1.165, 1.54) is 13.2 Å². The number of halogens is 3. The van der Waals surface area contributed by atoms with Gasteiger partial charge in [0.05, 0.1) is 13.2 Å². The molecule has 0 bridgehead atoms. The number of allylic oxidation sites excluding steroid dienone is 4. The zero-order valence-corrected chi connectivity index (χ0v) is 16.9. The van der Waals surface area contributed by atoms with Crippen molar-refractivity contribution in [2.24, 2.45) is 0 Å². The molecule has 0 saturated heterocycles. The minimum absolute atomic E-state index is 0.149. The lowest BCUT2D eigenvalue weighted by Gasteiger charge is -2.40. The lowest BCUT2D eigenvalue weighted by atomic mass is 9.83. The summed E-state index contributed by atoms with van der Waals surface area (Å²) in [6.45, 7) is 9.34. The maximum Gasteiger partial charge on any atom is 0.419 e. The van der Waals surface area contributed by atoms with Crippen LogP contribution in [0.4, 0.5) is 13.2 Å². The van der Waals surface area contributed by atoms with E-state index < -0.39 is 24.2 Å². The summed E-state index contributed by atoms with van der Waals surface area (Å²) in [7, 11) is 1.39. The van der Waals surface area contributed by atoms with Crippen molar-refractivity contribution in [3.05, 3.63) is 78.1 Å². The Hall–Kier alpha value is -2.47. The minimum atomic E-state index is -4.86. The second-order valence-corrected chi connectivity index (χ2v) is 7.03. The Balaban J connectivity index is 2.56. The summed E-state index contributed by atoms with van der Waals surface area (Å²) in [5.74, 6) is 0.258. The molecular formula is C23H28F3NO2. The van der Waals surface area contributed by atoms with Crippen LogP contribution in [0.3, 0.4) is 0 Å². The van der Waals surface area contributed by atoms with E-state index in [9.17, 15) is 18.3 Å². The van der Waals surface area contributed by atoms with E-state index >= 15 is 0 Å². The van der Waals surface area contributed by atoms with Crippen molar-refractivity contribution in [2.45, 2.75) is 50.4 Å². The lowest BCUT2D eigenvalue weighted by Crippen LogP contribution is -2.54. The van der Waals surface area contributed by atoms with Gasteiger partial charge in [0, 0.05) is 11.3 Å². The standard InChI is InChI=1S/C23H28F3NO2/c1-5-15-22(28,23(24,25)26)21(19-13-9-10-14-20(19)29-4)27-16(3)18-12-8-7-11-17(18)6-2/h6,9-14,21,27-28H,2-3,5,7-8,15H2,1,4H3. The Bertz CT molecular complexity index is 811. The number of benzene rings is 1. The number of aliphatic hydroxyl groups is 1. The second kappa shape index (κ2) is 9.35. The van der Waals surface area contributed by atoms with Crippen LogP contribution in [0.25, 0.3) is 0 Å². The van der Waals surface area contributed by atoms with Crippen LogP contribution < -0.4 is 10.1 Å². The molecule has 0 aromatic heterocycles. The number of hydrogen-bond acceptors (Lipinski definition) is 3. The number of nitrogens with one attached hydrogen (secondary N) is 1. The highest BCUT2D eigenvalue weighted by Crippen LogP contribution is 2.46. The molecule has 1 aromatic rings. The minimum Gasteiger partial charge on any atom is -0.496 e. The zero-order valence-electron chi connectivity index (χ0n) is 16.9. The molecule has 158 valence electrons. The van der Waals surface area contributed by atoms with E-state index in [0.717, 1.165) is 18.4 Å². The summed E-state index contributed by atoms with van der Waals surface area (Å²) < 4.78 is 47.6. The van der Waals surface area contributed by atoms with Gasteiger partial charge in [0.2, 0.25) is 0 Å². The van der Waals surface area contributed by atoms with E-state index in [2.05, 4.69) is 18.5 Å². The molecule has 29 heavy (non-hydrogen) atoms. The van der Waals surface area contributed by atoms with Gasteiger partial charge in [-0.15, -0.1) is 0 Å². The molecule has 6 heteroatoms. The van der Waals surface area contributed by atoms with Crippen molar-refractivity contribution in [1.82, 2.24) is 5.32 Å². The molecule has 0 fully saturated rings. The Kier molecular flexibility index (Phi) is 7.36. The first-order valence-corrected chi connectivity index (χ1v) is 9.60. The molecule has 0 spiro atoms. The Morgan fingerprint density at radius 3 is 2.52 bits per heavy atom. The van der Waals surface area contributed by atoms with Gasteiger partial charge in [-0.1, -0.05) is 62.9 Å². The molecule has 2 N–H and O–H groups in total. The third-order valence-electron chi connectivity index (χ3n) is 5.10. The van der Waals surface area contributed by atoms with Crippen molar-refractivity contribution in [3.63, 3.8) is 0 Å².